The lowest BCUT2D eigenvalue weighted by Crippen LogP contribution is -2.22. The second-order valence-electron chi connectivity index (χ2n) is 1.01. The van der Waals surface area contributed by atoms with Crippen LogP contribution in [-0.4, -0.2) is 20.7 Å². The van der Waals surface area contributed by atoms with Crippen molar-refractivity contribution in [2.24, 2.45) is 10.9 Å². The summed E-state index contributed by atoms with van der Waals surface area (Å²) < 4.78 is 33.4. The molecule has 0 atom stereocenters. The van der Waals surface area contributed by atoms with Gasteiger partial charge in [-0.15, -0.1) is 0 Å². The van der Waals surface area contributed by atoms with Crippen molar-refractivity contribution in [2.75, 3.05) is 12.2 Å². The van der Waals surface area contributed by atoms with E-state index in [2.05, 4.69) is 5.14 Å². The summed E-state index contributed by atoms with van der Waals surface area (Å²) in [7, 11) is -3.78. The van der Waals surface area contributed by atoms with Gasteiger partial charge in [-0.05, 0) is 0 Å². The van der Waals surface area contributed by atoms with E-state index in [0.29, 0.717) is 0 Å². The summed E-state index contributed by atoms with van der Waals surface area (Å²) in [6, 6.07) is 0. The van der Waals surface area contributed by atoms with Crippen LogP contribution in [0.5, 0.6) is 0 Å². The molecule has 7 heavy (non-hydrogen) atoms. The molecule has 0 aliphatic rings. The zero-order valence-electron chi connectivity index (χ0n) is 5.59. The van der Waals surface area contributed by atoms with Gasteiger partial charge in [0.05, 0.1) is 5.75 Å². The minimum atomic E-state index is -3.78. The maximum atomic E-state index is 10.1. The van der Waals surface area contributed by atoms with Gasteiger partial charge >= 0.3 is 0 Å². The molecule has 0 amide bonds. The van der Waals surface area contributed by atoms with Crippen LogP contribution in [0.1, 0.15) is 2.74 Å². The third-order valence-corrected chi connectivity index (χ3v) is 0.854. The van der Waals surface area contributed by atoms with Crippen LogP contribution in [0.15, 0.2) is 0 Å². The first-order valence-corrected chi connectivity index (χ1v) is 3.22. The summed E-state index contributed by atoms with van der Waals surface area (Å²) in [5.74, 6) is -0.847. The summed E-state index contributed by atoms with van der Waals surface area (Å²) in [4.78, 5) is 0. The van der Waals surface area contributed by atoms with Gasteiger partial charge in [0.1, 0.15) is 0 Å². The zero-order valence-corrected chi connectivity index (χ0v) is 4.40. The summed E-state index contributed by atoms with van der Waals surface area (Å²) in [6.07, 6.45) is 0. The molecule has 0 aromatic carbocycles. The summed E-state index contributed by atoms with van der Waals surface area (Å²) in [5.41, 5.74) is 4.70. The van der Waals surface area contributed by atoms with Crippen LogP contribution in [0.3, 0.4) is 0 Å². The van der Waals surface area contributed by atoms with Crippen LogP contribution < -0.4 is 10.9 Å². The molecule has 0 aliphatic heterocycles. The van der Waals surface area contributed by atoms with Crippen molar-refractivity contribution in [1.82, 2.24) is 0 Å². The molecule has 44 valence electrons. The van der Waals surface area contributed by atoms with Crippen molar-refractivity contribution in [3.63, 3.8) is 0 Å². The fourth-order valence-electron chi connectivity index (χ4n) is 0.116. The lowest BCUT2D eigenvalue weighted by molar-refractivity contribution is 0.597. The number of hydrogen-bond donors (Lipinski definition) is 2. The summed E-state index contributed by atoms with van der Waals surface area (Å²) >= 11 is 0. The summed E-state index contributed by atoms with van der Waals surface area (Å²) in [6.45, 7) is -2.23. The molecule has 0 heterocycles. The van der Waals surface area contributed by atoms with Gasteiger partial charge in [0, 0.05) is 9.24 Å². The Kier molecular flexibility index (Phi) is 1.23. The van der Waals surface area contributed by atoms with E-state index in [1.54, 1.807) is 0 Å². The Labute approximate surface area is 45.4 Å². The van der Waals surface area contributed by atoms with E-state index < -0.39 is 22.3 Å². The smallest absolute Gasteiger partial charge is 0.210 e. The molecule has 5 heteroatoms. The first-order valence-electron chi connectivity index (χ1n) is 2.50. The fraction of sp³-hybridized carbons (Fsp3) is 1.00. The monoisotopic (exact) mass is 127 g/mol. The number of sulfonamides is 1. The van der Waals surface area contributed by atoms with Crippen molar-refractivity contribution in [1.29, 1.82) is 0 Å². The Hall–Kier alpha value is -0.130. The van der Waals surface area contributed by atoms with Gasteiger partial charge in [-0.3, -0.25) is 0 Å². The molecule has 0 aromatic rings. The molecule has 0 radical (unpaired) electrons. The predicted octanol–water partition coefficient (Wildman–Crippen LogP) is -1.77. The third-order valence-electron chi connectivity index (χ3n) is 0.285. The normalized spacial score (nSPS) is 18.0. The Morgan fingerprint density at radius 1 is 1.71 bits per heavy atom. The van der Waals surface area contributed by atoms with E-state index in [9.17, 15) is 8.42 Å². The molecule has 0 aliphatic carbocycles. The minimum Gasteiger partial charge on any atom is -0.329 e. The van der Waals surface area contributed by atoms with Crippen LogP contribution in [0.4, 0.5) is 0 Å². The van der Waals surface area contributed by atoms with Crippen molar-refractivity contribution in [3.05, 3.63) is 0 Å². The second kappa shape index (κ2) is 2.25. The topological polar surface area (TPSA) is 86.2 Å². The molecule has 0 rings (SSSR count). The van der Waals surface area contributed by atoms with Crippen molar-refractivity contribution >= 4 is 10.0 Å². The summed E-state index contributed by atoms with van der Waals surface area (Å²) in [5, 5.41) is 4.47. The Morgan fingerprint density at radius 3 is 2.14 bits per heavy atom. The van der Waals surface area contributed by atoms with Crippen molar-refractivity contribution in [2.45, 2.75) is 0 Å². The predicted molar refractivity (Wildman–Crippen MR) is 27.0 cm³/mol. The molecular formula is C2H8N2O2S. The lowest BCUT2D eigenvalue weighted by atomic mass is 10.8. The molecular weight excluding hydrogens is 117 g/mol. The van der Waals surface area contributed by atoms with Gasteiger partial charge in [0.25, 0.3) is 0 Å². The number of primary sulfonamides is 1. The number of hydrogen-bond acceptors (Lipinski definition) is 3. The van der Waals surface area contributed by atoms with E-state index in [-0.39, 0.29) is 0 Å². The van der Waals surface area contributed by atoms with Gasteiger partial charge in [-0.2, -0.15) is 0 Å². The van der Waals surface area contributed by atoms with Crippen molar-refractivity contribution < 1.29 is 11.2 Å². The fourth-order valence-corrected chi connectivity index (χ4v) is 0.348. The lowest BCUT2D eigenvalue weighted by Gasteiger charge is -1.87. The maximum Gasteiger partial charge on any atom is 0.210 e. The number of nitrogens with two attached hydrogens (primary N) is 2. The van der Waals surface area contributed by atoms with Gasteiger partial charge in [0.15, 0.2) is 0 Å². The van der Waals surface area contributed by atoms with Crippen LogP contribution in [0.2, 0.25) is 0 Å². The SMILES string of the molecule is [2H]C([2H])(N)CS([15NH2])(=O)=O. The van der Waals surface area contributed by atoms with Crippen LogP contribution in [-0.2, 0) is 10.0 Å². The third kappa shape index (κ3) is 5.87. The van der Waals surface area contributed by atoms with Crippen LogP contribution in [0, 0.1) is 0 Å². The molecule has 0 aromatic heterocycles. The number of rotatable bonds is 2. The highest BCUT2D eigenvalue weighted by Gasteiger charge is 1.96. The van der Waals surface area contributed by atoms with E-state index in [0.717, 1.165) is 0 Å². The van der Waals surface area contributed by atoms with E-state index in [1.165, 1.54) is 0 Å². The van der Waals surface area contributed by atoms with E-state index in [1.807, 2.05) is 0 Å². The highest BCUT2D eigenvalue weighted by atomic mass is 32.2. The largest absolute Gasteiger partial charge is 0.329 e. The van der Waals surface area contributed by atoms with Gasteiger partial charge in [-0.25, -0.2) is 13.6 Å². The quantitative estimate of drug-likeness (QED) is 0.430. The average molecular weight is 127 g/mol. The molecule has 0 saturated carbocycles. The Balaban J connectivity index is 4.07. The zero-order chi connectivity index (χ0) is 7.71. The van der Waals surface area contributed by atoms with E-state index >= 15 is 0 Å². The highest BCUT2D eigenvalue weighted by molar-refractivity contribution is 7.89. The molecule has 0 fully saturated rings. The first-order chi connectivity index (χ1) is 3.71. The minimum absolute atomic E-state index is 0.847. The van der Waals surface area contributed by atoms with Gasteiger partial charge in [-0.1, -0.05) is 0 Å². The highest BCUT2D eigenvalue weighted by Crippen LogP contribution is 1.68. The Bertz CT molecular complexity index is 181. The van der Waals surface area contributed by atoms with Crippen molar-refractivity contribution in [3.8, 4) is 0 Å². The Morgan fingerprint density at radius 2 is 2.14 bits per heavy atom. The van der Waals surface area contributed by atoms with Gasteiger partial charge in [0.2, 0.25) is 10.0 Å². The average Bonchev–Trinajstić information content (AvgIpc) is 1.14. The molecule has 0 bridgehead atoms. The van der Waals surface area contributed by atoms with Gasteiger partial charge < -0.3 is 5.73 Å². The first kappa shape index (κ1) is 3.82. The van der Waals surface area contributed by atoms with Crippen LogP contribution in [0.25, 0.3) is 0 Å². The molecule has 0 spiro atoms. The molecule has 4 nitrogen and oxygen atoms in total. The van der Waals surface area contributed by atoms with E-state index in [4.69, 9.17) is 8.48 Å². The maximum absolute atomic E-state index is 10.1. The second-order valence-corrected chi connectivity index (χ2v) is 2.63. The molecule has 0 unspecified atom stereocenters. The van der Waals surface area contributed by atoms with Crippen LogP contribution >= 0.6 is 0 Å². The molecule has 4 N–H and O–H groups in total. The standard InChI is InChI=1S/C2H8N2O2S/c3-1-2-7(4,5)6/h1-3H2,(H2,4,5,6)/i1D2,4+1. The molecule has 0 saturated heterocycles.